The number of benzene rings is 4. The molecule has 2 amide bonds. The largest absolute Gasteiger partial charge is 0.395 e. The Balaban J connectivity index is 1.02. The summed E-state index contributed by atoms with van der Waals surface area (Å²) in [6.07, 6.45) is 7.18. The number of aliphatic hydroxyl groups excluding tert-OH is 4. The predicted octanol–water partition coefficient (Wildman–Crippen LogP) is 6.47. The Morgan fingerprint density at radius 1 is 0.646 bits per heavy atom. The van der Waals surface area contributed by atoms with Crippen molar-refractivity contribution in [1.29, 1.82) is 0 Å². The molecule has 5 aromatic rings. The number of aromatic nitrogens is 1. The number of carbonyl (C=O) groups is 2. The van der Waals surface area contributed by atoms with E-state index in [9.17, 15) is 30.0 Å². The summed E-state index contributed by atoms with van der Waals surface area (Å²) in [5.74, 6) is 1.13. The van der Waals surface area contributed by atoms with Crippen molar-refractivity contribution in [3.8, 4) is 0 Å². The van der Waals surface area contributed by atoms with Crippen LogP contribution < -0.4 is 30.3 Å². The first-order valence-electron chi connectivity index (χ1n) is 21.2. The molecule has 1 heterocycles. The molecule has 0 saturated heterocycles. The van der Waals surface area contributed by atoms with Crippen LogP contribution in [0.2, 0.25) is 0 Å². The summed E-state index contributed by atoms with van der Waals surface area (Å²) in [5, 5.41) is 65.2. The number of pyridine rings is 1. The highest BCUT2D eigenvalue weighted by Crippen LogP contribution is 2.31. The minimum absolute atomic E-state index is 0.0133. The molecule has 0 radical (unpaired) electrons. The van der Waals surface area contributed by atoms with Gasteiger partial charge in [-0.25, -0.2) is 0 Å². The molecule has 0 aliphatic heterocycles. The Morgan fingerprint density at radius 3 is 1.75 bits per heavy atom. The summed E-state index contributed by atoms with van der Waals surface area (Å²) >= 11 is 0. The van der Waals surface area contributed by atoms with Crippen LogP contribution in [0, 0.1) is 0 Å². The van der Waals surface area contributed by atoms with Crippen molar-refractivity contribution in [3.05, 3.63) is 128 Å². The third-order valence-electron chi connectivity index (χ3n) is 9.69. The number of azo groups is 2. The average molecular weight is 922 g/mol. The molecule has 0 spiro atoms. The minimum atomic E-state index is -0.154. The van der Waals surface area contributed by atoms with Gasteiger partial charge in [-0.05, 0) is 72.8 Å². The van der Waals surface area contributed by atoms with Crippen molar-refractivity contribution in [1.82, 2.24) is 10.6 Å². The number of hydrogen-bond donors (Lipinski definition) is 7. The first kappa shape index (κ1) is 49.9. The van der Waals surface area contributed by atoms with E-state index >= 15 is 0 Å². The van der Waals surface area contributed by atoms with Crippen LogP contribution in [0.4, 0.5) is 39.8 Å². The molecule has 5 rings (SSSR count). The van der Waals surface area contributed by atoms with E-state index in [0.717, 1.165) is 27.8 Å². The molecule has 0 aliphatic carbocycles. The van der Waals surface area contributed by atoms with Crippen LogP contribution in [-0.4, -0.2) is 116 Å². The van der Waals surface area contributed by atoms with Gasteiger partial charge in [-0.2, -0.15) is 14.8 Å². The maximum Gasteiger partial charge on any atom is 0.286 e. The zero-order chi connectivity index (χ0) is 46.1. The summed E-state index contributed by atoms with van der Waals surface area (Å²) < 4.78 is 1.88. The van der Waals surface area contributed by atoms with Crippen LogP contribution in [0.25, 0.3) is 17.0 Å². The van der Waals surface area contributed by atoms with Gasteiger partial charge in [0.15, 0.2) is 6.20 Å². The standard InChI is InChI=1S/C47H56N10O6S2/c1-2-3-7-40-42(9-4-10-43(40)53-51-36-13-17-38(18-14-36)55(24-28-58)25-29-59)50-34-46(62)48-21-32-64-65-33-22-49-47(63)35-57-23-6-8-41-44(11-5-12-45(41)57)54-52-37-15-19-39(20-16-37)56(26-30-60)27-31-61/h2-20,23,50,58-61H,1,21-22,24-35H2,(H-,48,49,62,63)/p+1/b7-3-,53-51?. The van der Waals surface area contributed by atoms with E-state index in [0.29, 0.717) is 79.2 Å². The van der Waals surface area contributed by atoms with Crippen molar-refractivity contribution >= 4 is 90.2 Å². The summed E-state index contributed by atoms with van der Waals surface area (Å²) in [6, 6.07) is 29.9. The average Bonchev–Trinajstić information content (AvgIpc) is 3.32. The van der Waals surface area contributed by atoms with Gasteiger partial charge in [-0.3, -0.25) is 9.59 Å². The van der Waals surface area contributed by atoms with Gasteiger partial charge < -0.3 is 46.2 Å². The molecule has 0 saturated carbocycles. The van der Waals surface area contributed by atoms with E-state index in [1.165, 1.54) is 0 Å². The summed E-state index contributed by atoms with van der Waals surface area (Å²) in [6.45, 7) is 6.56. The third-order valence-corrected chi connectivity index (χ3v) is 12.1. The molecule has 1 aromatic heterocycles. The monoisotopic (exact) mass is 921 g/mol. The fourth-order valence-electron chi connectivity index (χ4n) is 6.58. The van der Waals surface area contributed by atoms with Crippen LogP contribution in [0.3, 0.4) is 0 Å². The lowest BCUT2D eigenvalue weighted by Crippen LogP contribution is -2.43. The van der Waals surface area contributed by atoms with E-state index in [4.69, 9.17) is 0 Å². The molecule has 7 N–H and O–H groups in total. The zero-order valence-electron chi connectivity index (χ0n) is 36.2. The smallest absolute Gasteiger partial charge is 0.286 e. The van der Waals surface area contributed by atoms with Gasteiger partial charge in [0.05, 0.1) is 61.1 Å². The van der Waals surface area contributed by atoms with Crippen molar-refractivity contribution in [3.63, 3.8) is 0 Å². The summed E-state index contributed by atoms with van der Waals surface area (Å²) in [4.78, 5) is 29.4. The van der Waals surface area contributed by atoms with Gasteiger partial charge >= 0.3 is 0 Å². The fraction of sp³-hybridized carbons (Fsp3) is 0.298. The molecule has 0 fully saturated rings. The van der Waals surface area contributed by atoms with Crippen molar-refractivity contribution < 1.29 is 34.6 Å². The highest BCUT2D eigenvalue weighted by atomic mass is 33.1. The highest BCUT2D eigenvalue weighted by molar-refractivity contribution is 8.76. The topological polar surface area (TPSA) is 211 Å². The number of hydrogen-bond acceptors (Lipinski definition) is 15. The van der Waals surface area contributed by atoms with Crippen LogP contribution in [0.1, 0.15) is 5.56 Å². The Labute approximate surface area is 387 Å². The fourth-order valence-corrected chi connectivity index (χ4v) is 8.40. The van der Waals surface area contributed by atoms with Gasteiger partial charge in [-0.15, -0.1) is 10.2 Å². The normalized spacial score (nSPS) is 11.4. The first-order chi connectivity index (χ1) is 31.9. The number of fused-ring (bicyclic) bond motifs is 1. The third kappa shape index (κ3) is 16.1. The van der Waals surface area contributed by atoms with Crippen LogP contribution >= 0.6 is 21.6 Å². The van der Waals surface area contributed by atoms with Gasteiger partial charge in [-0.1, -0.05) is 58.5 Å². The molecule has 342 valence electrons. The zero-order valence-corrected chi connectivity index (χ0v) is 37.8. The Hall–Kier alpha value is -6.15. The van der Waals surface area contributed by atoms with Crippen molar-refractivity contribution in [2.45, 2.75) is 6.54 Å². The lowest BCUT2D eigenvalue weighted by atomic mass is 10.1. The summed E-state index contributed by atoms with van der Waals surface area (Å²) in [5.41, 5.74) is 6.62. The van der Waals surface area contributed by atoms with Gasteiger partial charge in [0.1, 0.15) is 0 Å². The second-order valence-electron chi connectivity index (χ2n) is 14.2. The van der Waals surface area contributed by atoms with Gasteiger partial charge in [0.25, 0.3) is 5.91 Å². The Morgan fingerprint density at radius 2 is 1.18 bits per heavy atom. The van der Waals surface area contributed by atoms with E-state index < -0.39 is 0 Å². The number of anilines is 3. The second-order valence-corrected chi connectivity index (χ2v) is 16.9. The Kier molecular flexibility index (Phi) is 21.4. The van der Waals surface area contributed by atoms with Crippen molar-refractivity contribution in [2.24, 2.45) is 20.5 Å². The molecule has 0 aliphatic rings. The number of carbonyl (C=O) groups excluding carboxylic acids is 2. The number of nitrogens with one attached hydrogen (secondary N) is 3. The maximum absolute atomic E-state index is 12.9. The van der Waals surface area contributed by atoms with Crippen LogP contribution in [0.5, 0.6) is 0 Å². The van der Waals surface area contributed by atoms with Crippen molar-refractivity contribution in [2.75, 3.05) is 98.9 Å². The van der Waals surface area contributed by atoms with E-state index in [1.54, 1.807) is 33.7 Å². The predicted molar refractivity (Wildman–Crippen MR) is 263 cm³/mol. The summed E-state index contributed by atoms with van der Waals surface area (Å²) in [7, 11) is 3.25. The second kappa shape index (κ2) is 27.9. The molecule has 0 atom stereocenters. The minimum Gasteiger partial charge on any atom is -0.395 e. The van der Waals surface area contributed by atoms with Crippen LogP contribution in [-0.2, 0) is 16.1 Å². The molecular formula is C47H57N10O6S2+. The maximum atomic E-state index is 12.9. The molecule has 0 unspecified atom stereocenters. The lowest BCUT2D eigenvalue weighted by molar-refractivity contribution is -0.658. The first-order valence-corrected chi connectivity index (χ1v) is 23.7. The molecular weight excluding hydrogens is 865 g/mol. The number of amides is 2. The lowest BCUT2D eigenvalue weighted by Gasteiger charge is -2.22. The molecule has 65 heavy (non-hydrogen) atoms. The highest BCUT2D eigenvalue weighted by Gasteiger charge is 2.16. The Bertz CT molecular complexity index is 2360. The van der Waals surface area contributed by atoms with Gasteiger partial charge in [0, 0.05) is 85.5 Å². The number of rotatable bonds is 28. The van der Waals surface area contributed by atoms with E-state index in [-0.39, 0.29) is 51.3 Å². The molecule has 16 nitrogen and oxygen atoms in total. The molecule has 0 bridgehead atoms. The SMILES string of the molecule is C=C/C=C\c1c(N=Nc2ccc(N(CCO)CCO)cc2)cccc1NCC(=O)NCCSSCCNC(=O)C[n+]1cccc2c(N=Nc3ccc(N(CCO)CCO)cc3)cccc21. The van der Waals surface area contributed by atoms with Gasteiger partial charge in [0.2, 0.25) is 18.0 Å². The van der Waals surface area contributed by atoms with E-state index in [2.05, 4.69) is 43.0 Å². The molecule has 4 aromatic carbocycles. The van der Waals surface area contributed by atoms with Crippen LogP contribution in [0.15, 0.2) is 142 Å². The molecule has 18 heteroatoms. The number of nitrogens with zero attached hydrogens (tertiary/aromatic N) is 7. The number of aliphatic hydroxyl groups is 4. The quantitative estimate of drug-likeness (QED) is 0.00951. The number of allylic oxidation sites excluding steroid dienone is 2. The van der Waals surface area contributed by atoms with E-state index in [1.807, 2.05) is 124 Å².